The molecule has 1 aromatic carbocycles. The van der Waals surface area contributed by atoms with Gasteiger partial charge in [0.15, 0.2) is 0 Å². The van der Waals surface area contributed by atoms with Gasteiger partial charge in [0.25, 0.3) is 0 Å². The molecule has 3 atom stereocenters. The summed E-state index contributed by atoms with van der Waals surface area (Å²) < 4.78 is 5.64. The number of fused-ring (bicyclic) bond motifs is 5. The molecule has 6 rings (SSSR count). The van der Waals surface area contributed by atoms with Gasteiger partial charge in [-0.05, 0) is 89.9 Å². The first-order valence-corrected chi connectivity index (χ1v) is 15.5. The molecular formula is C33H43N5O4. The minimum Gasteiger partial charge on any atom is -0.464 e. The van der Waals surface area contributed by atoms with Gasteiger partial charge in [-0.1, -0.05) is 12.1 Å². The van der Waals surface area contributed by atoms with E-state index in [1.807, 2.05) is 36.0 Å². The third kappa shape index (κ3) is 5.12. The second-order valence-corrected chi connectivity index (χ2v) is 12.7. The van der Waals surface area contributed by atoms with Crippen LogP contribution < -0.4 is 5.32 Å². The summed E-state index contributed by atoms with van der Waals surface area (Å²) in [6, 6.07) is 10.1. The molecule has 224 valence electrons. The van der Waals surface area contributed by atoms with E-state index in [-0.39, 0.29) is 24.1 Å². The van der Waals surface area contributed by atoms with Crippen LogP contribution in [0.5, 0.6) is 0 Å². The number of amides is 3. The molecule has 2 aromatic heterocycles. The van der Waals surface area contributed by atoms with Crippen LogP contribution in [0.15, 0.2) is 41.0 Å². The Labute approximate surface area is 247 Å². The lowest BCUT2D eigenvalue weighted by atomic mass is 9.67. The molecule has 2 N–H and O–H groups in total. The van der Waals surface area contributed by atoms with Gasteiger partial charge < -0.3 is 29.4 Å². The fourth-order valence-corrected chi connectivity index (χ4v) is 7.44. The smallest absolute Gasteiger partial charge is 0.228 e. The molecule has 0 spiro atoms. The second kappa shape index (κ2) is 11.6. The predicted molar refractivity (Wildman–Crippen MR) is 162 cm³/mol. The van der Waals surface area contributed by atoms with Crippen LogP contribution >= 0.6 is 0 Å². The van der Waals surface area contributed by atoms with Gasteiger partial charge in [0.2, 0.25) is 17.7 Å². The van der Waals surface area contributed by atoms with Crippen LogP contribution in [0.4, 0.5) is 0 Å². The molecule has 42 heavy (non-hydrogen) atoms. The lowest BCUT2D eigenvalue weighted by Crippen LogP contribution is -2.64. The molecule has 0 radical (unpaired) electrons. The molecule has 0 aliphatic carbocycles. The van der Waals surface area contributed by atoms with E-state index in [1.54, 1.807) is 6.26 Å². The highest BCUT2D eigenvalue weighted by Crippen LogP contribution is 2.50. The van der Waals surface area contributed by atoms with Crippen LogP contribution in [0.1, 0.15) is 56.7 Å². The first-order chi connectivity index (χ1) is 20.3. The molecule has 2 fully saturated rings. The minimum atomic E-state index is -0.818. The van der Waals surface area contributed by atoms with Gasteiger partial charge in [0.05, 0.1) is 17.7 Å². The Morgan fingerprint density at radius 2 is 1.95 bits per heavy atom. The largest absolute Gasteiger partial charge is 0.464 e. The Hall–Kier alpha value is -3.59. The molecule has 2 saturated heterocycles. The number of hydrogen-bond donors (Lipinski definition) is 2. The number of carbonyl (C=O) groups excluding carboxylic acids is 3. The van der Waals surface area contributed by atoms with E-state index >= 15 is 0 Å². The van der Waals surface area contributed by atoms with E-state index in [0.717, 1.165) is 73.2 Å². The van der Waals surface area contributed by atoms with E-state index in [2.05, 4.69) is 40.3 Å². The number of piperidine rings is 2. The molecule has 0 saturated carbocycles. The average Bonchev–Trinajstić information content (AvgIpc) is 3.66. The maximum Gasteiger partial charge on any atom is 0.228 e. The van der Waals surface area contributed by atoms with Crippen molar-refractivity contribution in [2.24, 2.45) is 11.8 Å². The number of nitrogens with zero attached hydrogens (tertiary/aromatic N) is 3. The average molecular weight is 574 g/mol. The maximum atomic E-state index is 14.3. The summed E-state index contributed by atoms with van der Waals surface area (Å²) >= 11 is 0. The number of aromatic nitrogens is 1. The molecule has 3 aliphatic rings. The van der Waals surface area contributed by atoms with Crippen molar-refractivity contribution >= 4 is 28.6 Å². The molecule has 9 heteroatoms. The van der Waals surface area contributed by atoms with Crippen LogP contribution in [0.3, 0.4) is 0 Å². The number of rotatable bonds is 8. The van der Waals surface area contributed by atoms with Gasteiger partial charge in [0, 0.05) is 60.7 Å². The number of nitrogens with one attached hydrogen (secondary N) is 2. The predicted octanol–water partition coefficient (Wildman–Crippen LogP) is 4.13. The molecule has 3 amide bonds. The Balaban J connectivity index is 1.33. The number of hydrogen-bond acceptors (Lipinski definition) is 5. The molecular weight excluding hydrogens is 530 g/mol. The monoisotopic (exact) mass is 573 g/mol. The fraction of sp³-hybridized carbons (Fsp3) is 0.545. The zero-order valence-corrected chi connectivity index (χ0v) is 25.1. The van der Waals surface area contributed by atoms with Gasteiger partial charge in [-0.15, -0.1) is 0 Å². The van der Waals surface area contributed by atoms with Crippen molar-refractivity contribution in [2.45, 2.75) is 57.4 Å². The summed E-state index contributed by atoms with van der Waals surface area (Å²) in [4.78, 5) is 51.0. The summed E-state index contributed by atoms with van der Waals surface area (Å²) in [6.45, 7) is 5.56. The SMILES string of the molecule is CN(C)CCCNC(=O)C[C@H]1C[C@H](C(=O)N2CCCCC2)[C@@]2(C)c3[nH]c4cc(-c5ccco5)ccc4c3CCN2C1=O. The summed E-state index contributed by atoms with van der Waals surface area (Å²) in [6.07, 6.45) is 6.85. The highest BCUT2D eigenvalue weighted by molar-refractivity contribution is 5.93. The lowest BCUT2D eigenvalue weighted by molar-refractivity contribution is -0.164. The second-order valence-electron chi connectivity index (χ2n) is 12.7. The Morgan fingerprint density at radius 1 is 1.14 bits per heavy atom. The lowest BCUT2D eigenvalue weighted by Gasteiger charge is -2.54. The summed E-state index contributed by atoms with van der Waals surface area (Å²) in [7, 11) is 4.02. The van der Waals surface area contributed by atoms with Gasteiger partial charge in [-0.25, -0.2) is 0 Å². The van der Waals surface area contributed by atoms with Crippen LogP contribution in [-0.4, -0.2) is 84.2 Å². The number of benzene rings is 1. The molecule has 5 heterocycles. The Bertz CT molecular complexity index is 1450. The quantitative estimate of drug-likeness (QED) is 0.395. The summed E-state index contributed by atoms with van der Waals surface area (Å²) in [5.74, 6) is -0.184. The number of H-pyrrole nitrogens is 1. The first-order valence-electron chi connectivity index (χ1n) is 15.5. The highest BCUT2D eigenvalue weighted by Gasteiger charge is 2.57. The van der Waals surface area contributed by atoms with Crippen LogP contribution in [0, 0.1) is 11.8 Å². The van der Waals surface area contributed by atoms with E-state index in [4.69, 9.17) is 4.42 Å². The van der Waals surface area contributed by atoms with Crippen molar-refractivity contribution in [3.05, 3.63) is 47.9 Å². The van der Waals surface area contributed by atoms with Crippen LogP contribution in [-0.2, 0) is 26.3 Å². The number of carbonyl (C=O) groups is 3. The maximum absolute atomic E-state index is 14.3. The van der Waals surface area contributed by atoms with Gasteiger partial charge in [-0.2, -0.15) is 0 Å². The van der Waals surface area contributed by atoms with Crippen molar-refractivity contribution in [3.8, 4) is 11.3 Å². The van der Waals surface area contributed by atoms with Crippen molar-refractivity contribution in [2.75, 3.05) is 46.8 Å². The molecule has 0 bridgehead atoms. The molecule has 3 aliphatic heterocycles. The first kappa shape index (κ1) is 28.5. The molecule has 0 unspecified atom stereocenters. The topological polar surface area (TPSA) is 102 Å². The number of likely N-dealkylation sites (tertiary alicyclic amines) is 1. The van der Waals surface area contributed by atoms with Crippen molar-refractivity contribution in [1.82, 2.24) is 25.0 Å². The zero-order valence-electron chi connectivity index (χ0n) is 25.1. The van der Waals surface area contributed by atoms with Gasteiger partial charge >= 0.3 is 0 Å². The molecule has 9 nitrogen and oxygen atoms in total. The summed E-state index contributed by atoms with van der Waals surface area (Å²) in [5.41, 5.74) is 3.27. The van der Waals surface area contributed by atoms with E-state index in [0.29, 0.717) is 25.9 Å². The van der Waals surface area contributed by atoms with E-state index in [1.165, 1.54) is 5.56 Å². The standard InChI is InChI=1S/C33H43N5O4/c1-33-26(32(41)37-15-5-4-6-16-37)19-23(21-29(39)34-13-8-14-36(2)3)31(40)38(33)17-12-25-24-11-10-22(28-9-7-18-42-28)20-27(24)35-30(25)33/h7,9-11,18,20,23,26,35H,4-6,8,12-17,19,21H2,1-3H3,(H,34,39)/t23-,26-,33+/m1/s1. The zero-order chi connectivity index (χ0) is 29.4. The third-order valence-electron chi connectivity index (χ3n) is 9.68. The highest BCUT2D eigenvalue weighted by atomic mass is 16.3. The minimum absolute atomic E-state index is 0.0239. The Kier molecular flexibility index (Phi) is 7.87. The van der Waals surface area contributed by atoms with Crippen molar-refractivity contribution in [1.29, 1.82) is 0 Å². The van der Waals surface area contributed by atoms with Crippen LogP contribution in [0.25, 0.3) is 22.2 Å². The van der Waals surface area contributed by atoms with Gasteiger partial charge in [-0.3, -0.25) is 14.4 Å². The van der Waals surface area contributed by atoms with Crippen molar-refractivity contribution in [3.63, 3.8) is 0 Å². The summed E-state index contributed by atoms with van der Waals surface area (Å²) in [5, 5.41) is 4.12. The van der Waals surface area contributed by atoms with Gasteiger partial charge in [0.1, 0.15) is 5.76 Å². The molecule has 3 aromatic rings. The van der Waals surface area contributed by atoms with E-state index in [9.17, 15) is 14.4 Å². The van der Waals surface area contributed by atoms with Crippen molar-refractivity contribution < 1.29 is 18.8 Å². The number of furan rings is 1. The normalized spacial score (nSPS) is 24.1. The van der Waals surface area contributed by atoms with E-state index < -0.39 is 17.4 Å². The van der Waals surface area contributed by atoms with Crippen LogP contribution in [0.2, 0.25) is 0 Å². The fourth-order valence-electron chi connectivity index (χ4n) is 7.44. The third-order valence-corrected chi connectivity index (χ3v) is 9.68. The number of aromatic amines is 1. The Morgan fingerprint density at radius 3 is 2.69 bits per heavy atom.